The Balaban J connectivity index is 1.98. The van der Waals surface area contributed by atoms with Crippen molar-refractivity contribution in [2.24, 2.45) is 5.92 Å². The fraction of sp³-hybridized carbons (Fsp3) is 0.833. The van der Waals surface area contributed by atoms with Gasteiger partial charge in [-0.05, 0) is 38.3 Å². The molecule has 0 amide bonds. The Morgan fingerprint density at radius 3 is 2.94 bits per heavy atom. The van der Waals surface area contributed by atoms with Gasteiger partial charge in [-0.2, -0.15) is 0 Å². The Kier molecular flexibility index (Phi) is 3.93. The van der Waals surface area contributed by atoms with E-state index in [-0.39, 0.29) is 0 Å². The number of rotatable bonds is 6. The molecule has 1 aliphatic rings. The van der Waals surface area contributed by atoms with Crippen LogP contribution in [-0.2, 0) is 6.54 Å². The summed E-state index contributed by atoms with van der Waals surface area (Å²) in [7, 11) is 0. The number of hydrogen-bond acceptors (Lipinski definition) is 3. The molecule has 1 saturated carbocycles. The first kappa shape index (κ1) is 11.6. The molecule has 0 aliphatic heterocycles. The molecule has 2 atom stereocenters. The van der Waals surface area contributed by atoms with Crippen LogP contribution in [0.15, 0.2) is 6.20 Å². The van der Waals surface area contributed by atoms with Crippen LogP contribution in [0.3, 0.4) is 0 Å². The van der Waals surface area contributed by atoms with Crippen LogP contribution in [0.2, 0.25) is 0 Å². The predicted molar refractivity (Wildman–Crippen MR) is 64.3 cm³/mol. The summed E-state index contributed by atoms with van der Waals surface area (Å²) in [6, 6.07) is 0. The minimum atomic E-state index is 0.681. The molecule has 1 aromatic heterocycles. The van der Waals surface area contributed by atoms with E-state index in [1.165, 1.54) is 18.5 Å². The van der Waals surface area contributed by atoms with Crippen LogP contribution in [0.4, 0.5) is 0 Å². The van der Waals surface area contributed by atoms with Crippen molar-refractivity contribution in [3.8, 4) is 0 Å². The van der Waals surface area contributed by atoms with E-state index in [1.54, 1.807) is 0 Å². The van der Waals surface area contributed by atoms with E-state index in [0.29, 0.717) is 5.92 Å². The SMILES string of the molecule is CCCn1nncc1C1CCC1CNCC. The van der Waals surface area contributed by atoms with Crippen LogP contribution in [0.5, 0.6) is 0 Å². The Bertz CT molecular complexity index is 321. The topological polar surface area (TPSA) is 42.7 Å². The molecule has 0 radical (unpaired) electrons. The largest absolute Gasteiger partial charge is 0.317 e. The average molecular weight is 222 g/mol. The fourth-order valence-corrected chi connectivity index (χ4v) is 2.47. The molecule has 0 saturated heterocycles. The van der Waals surface area contributed by atoms with Gasteiger partial charge in [-0.3, -0.25) is 0 Å². The third kappa shape index (κ3) is 2.26. The van der Waals surface area contributed by atoms with Crippen molar-refractivity contribution in [3.63, 3.8) is 0 Å². The first-order valence-corrected chi connectivity index (χ1v) is 6.45. The molecule has 1 aromatic rings. The van der Waals surface area contributed by atoms with Crippen LogP contribution in [-0.4, -0.2) is 28.1 Å². The third-order valence-electron chi connectivity index (χ3n) is 3.54. The molecule has 1 N–H and O–H groups in total. The molecule has 0 bridgehead atoms. The lowest BCUT2D eigenvalue weighted by molar-refractivity contribution is 0.234. The molecule has 2 rings (SSSR count). The molecule has 4 nitrogen and oxygen atoms in total. The number of nitrogens with one attached hydrogen (secondary N) is 1. The predicted octanol–water partition coefficient (Wildman–Crippen LogP) is 1.79. The summed E-state index contributed by atoms with van der Waals surface area (Å²) < 4.78 is 2.09. The highest BCUT2D eigenvalue weighted by Gasteiger charge is 2.33. The third-order valence-corrected chi connectivity index (χ3v) is 3.54. The van der Waals surface area contributed by atoms with Crippen LogP contribution >= 0.6 is 0 Å². The van der Waals surface area contributed by atoms with Crippen molar-refractivity contribution in [3.05, 3.63) is 11.9 Å². The molecule has 2 unspecified atom stereocenters. The van der Waals surface area contributed by atoms with Crippen LogP contribution in [0.25, 0.3) is 0 Å². The Morgan fingerprint density at radius 2 is 2.31 bits per heavy atom. The van der Waals surface area contributed by atoms with Crippen LogP contribution in [0.1, 0.15) is 44.7 Å². The summed E-state index contributed by atoms with van der Waals surface area (Å²) in [5, 5.41) is 11.7. The monoisotopic (exact) mass is 222 g/mol. The Morgan fingerprint density at radius 1 is 1.44 bits per heavy atom. The lowest BCUT2D eigenvalue weighted by atomic mass is 9.72. The Labute approximate surface area is 97.4 Å². The number of aryl methyl sites for hydroxylation is 1. The maximum absolute atomic E-state index is 4.17. The van der Waals surface area contributed by atoms with E-state index in [1.807, 2.05) is 6.20 Å². The lowest BCUT2D eigenvalue weighted by Crippen LogP contribution is -2.34. The molecule has 90 valence electrons. The minimum absolute atomic E-state index is 0.681. The second-order valence-corrected chi connectivity index (χ2v) is 4.63. The Hall–Kier alpha value is -0.900. The number of hydrogen-bond donors (Lipinski definition) is 1. The van der Waals surface area contributed by atoms with Gasteiger partial charge >= 0.3 is 0 Å². The maximum atomic E-state index is 4.17. The second kappa shape index (κ2) is 5.43. The smallest absolute Gasteiger partial charge is 0.0728 e. The molecular formula is C12H22N4. The molecule has 1 fully saturated rings. The van der Waals surface area contributed by atoms with Gasteiger partial charge in [0, 0.05) is 12.5 Å². The highest BCUT2D eigenvalue weighted by molar-refractivity contribution is 5.10. The van der Waals surface area contributed by atoms with Crippen molar-refractivity contribution in [1.82, 2.24) is 20.3 Å². The second-order valence-electron chi connectivity index (χ2n) is 4.63. The number of aromatic nitrogens is 3. The molecule has 16 heavy (non-hydrogen) atoms. The first-order valence-electron chi connectivity index (χ1n) is 6.45. The minimum Gasteiger partial charge on any atom is -0.317 e. The summed E-state index contributed by atoms with van der Waals surface area (Å²) in [4.78, 5) is 0. The first-order chi connectivity index (χ1) is 7.86. The summed E-state index contributed by atoms with van der Waals surface area (Å²) in [6.07, 6.45) is 5.72. The number of nitrogens with zero attached hydrogens (tertiary/aromatic N) is 3. The molecule has 0 aromatic carbocycles. The van der Waals surface area contributed by atoms with Crippen LogP contribution < -0.4 is 5.32 Å². The van der Waals surface area contributed by atoms with Gasteiger partial charge in [-0.1, -0.05) is 19.1 Å². The fourth-order valence-electron chi connectivity index (χ4n) is 2.47. The zero-order chi connectivity index (χ0) is 11.4. The van der Waals surface area contributed by atoms with Gasteiger partial charge in [0.25, 0.3) is 0 Å². The summed E-state index contributed by atoms with van der Waals surface area (Å²) in [6.45, 7) is 7.55. The summed E-state index contributed by atoms with van der Waals surface area (Å²) >= 11 is 0. The van der Waals surface area contributed by atoms with E-state index < -0.39 is 0 Å². The normalized spacial score (nSPS) is 24.4. The van der Waals surface area contributed by atoms with Gasteiger partial charge in [0.2, 0.25) is 0 Å². The van der Waals surface area contributed by atoms with E-state index in [9.17, 15) is 0 Å². The molecule has 1 heterocycles. The van der Waals surface area contributed by atoms with Gasteiger partial charge in [-0.15, -0.1) is 5.10 Å². The quantitative estimate of drug-likeness (QED) is 0.798. The average Bonchev–Trinajstić information content (AvgIpc) is 2.66. The molecule has 0 spiro atoms. The van der Waals surface area contributed by atoms with Crippen molar-refractivity contribution in [1.29, 1.82) is 0 Å². The van der Waals surface area contributed by atoms with Gasteiger partial charge < -0.3 is 5.32 Å². The van der Waals surface area contributed by atoms with Crippen molar-refractivity contribution >= 4 is 0 Å². The van der Waals surface area contributed by atoms with Crippen molar-refractivity contribution in [2.75, 3.05) is 13.1 Å². The highest BCUT2D eigenvalue weighted by Crippen LogP contribution is 2.41. The lowest BCUT2D eigenvalue weighted by Gasteiger charge is -2.36. The van der Waals surface area contributed by atoms with E-state index >= 15 is 0 Å². The van der Waals surface area contributed by atoms with Crippen molar-refractivity contribution < 1.29 is 0 Å². The van der Waals surface area contributed by atoms with E-state index in [2.05, 4.69) is 34.2 Å². The van der Waals surface area contributed by atoms with Gasteiger partial charge in [-0.25, -0.2) is 4.68 Å². The van der Waals surface area contributed by atoms with Crippen molar-refractivity contribution in [2.45, 2.75) is 45.6 Å². The van der Waals surface area contributed by atoms with Gasteiger partial charge in [0.15, 0.2) is 0 Å². The maximum Gasteiger partial charge on any atom is 0.0728 e. The van der Waals surface area contributed by atoms with E-state index in [0.717, 1.165) is 32.0 Å². The standard InChI is InChI=1S/C12H22N4/c1-3-7-16-12(9-14-15-16)11-6-5-10(11)8-13-4-2/h9-11,13H,3-8H2,1-2H3. The molecule has 4 heteroatoms. The highest BCUT2D eigenvalue weighted by atomic mass is 15.4. The zero-order valence-corrected chi connectivity index (χ0v) is 10.3. The summed E-state index contributed by atoms with van der Waals surface area (Å²) in [5.41, 5.74) is 1.34. The molecule has 1 aliphatic carbocycles. The zero-order valence-electron chi connectivity index (χ0n) is 10.3. The molecular weight excluding hydrogens is 200 g/mol. The van der Waals surface area contributed by atoms with Gasteiger partial charge in [0.1, 0.15) is 0 Å². The van der Waals surface area contributed by atoms with E-state index in [4.69, 9.17) is 0 Å². The van der Waals surface area contributed by atoms with Gasteiger partial charge in [0.05, 0.1) is 11.9 Å². The van der Waals surface area contributed by atoms with Crippen LogP contribution in [0, 0.1) is 5.92 Å². The summed E-state index contributed by atoms with van der Waals surface area (Å²) in [5.74, 6) is 1.47.